The summed E-state index contributed by atoms with van der Waals surface area (Å²) < 4.78 is 32.0. The Bertz CT molecular complexity index is 480. The van der Waals surface area contributed by atoms with Gasteiger partial charge in [0.1, 0.15) is 5.75 Å². The molecule has 1 N–H and O–H groups in total. The monoisotopic (exact) mass is 285 g/mol. The molecule has 1 atom stereocenters. The Morgan fingerprint density at radius 1 is 1.11 bits per heavy atom. The van der Waals surface area contributed by atoms with Gasteiger partial charge in [-0.15, -0.1) is 0 Å². The van der Waals surface area contributed by atoms with E-state index in [9.17, 15) is 8.42 Å². The number of methoxy groups -OCH3 is 1. The van der Waals surface area contributed by atoms with Crippen LogP contribution < -0.4 is 9.46 Å². The first-order valence-electron chi connectivity index (χ1n) is 6.51. The second-order valence-corrected chi connectivity index (χ2v) is 6.88. The van der Waals surface area contributed by atoms with E-state index in [4.69, 9.17) is 4.74 Å². The molecule has 1 rings (SSSR count). The van der Waals surface area contributed by atoms with Gasteiger partial charge in [-0.3, -0.25) is 0 Å². The maximum atomic E-state index is 12.1. The van der Waals surface area contributed by atoms with E-state index in [2.05, 4.69) is 18.6 Å². The summed E-state index contributed by atoms with van der Waals surface area (Å²) in [5.74, 6) is 1.22. The van der Waals surface area contributed by atoms with Gasteiger partial charge in [-0.2, -0.15) is 0 Å². The SMILES string of the molecule is COc1ccc(S(=O)(=O)NC(C)CCC(C)C)cc1. The molecule has 0 saturated carbocycles. The van der Waals surface area contributed by atoms with E-state index in [0.29, 0.717) is 11.7 Å². The highest BCUT2D eigenvalue weighted by Gasteiger charge is 2.17. The lowest BCUT2D eigenvalue weighted by Crippen LogP contribution is -2.32. The van der Waals surface area contributed by atoms with Gasteiger partial charge in [-0.25, -0.2) is 13.1 Å². The van der Waals surface area contributed by atoms with Crippen molar-refractivity contribution in [2.75, 3.05) is 7.11 Å². The summed E-state index contributed by atoms with van der Waals surface area (Å²) in [6.45, 7) is 6.15. The first-order valence-corrected chi connectivity index (χ1v) is 8.00. The van der Waals surface area contributed by atoms with E-state index >= 15 is 0 Å². The quantitative estimate of drug-likeness (QED) is 0.838. The van der Waals surface area contributed by atoms with Crippen LogP contribution in [0.25, 0.3) is 0 Å². The molecule has 0 heterocycles. The molecule has 108 valence electrons. The molecule has 0 aromatic heterocycles. The standard InChI is InChI=1S/C14H23NO3S/c1-11(2)5-6-12(3)15-19(16,17)14-9-7-13(18-4)8-10-14/h7-12,15H,5-6H2,1-4H3. The summed E-state index contributed by atoms with van der Waals surface area (Å²) in [6, 6.07) is 6.34. The topological polar surface area (TPSA) is 55.4 Å². The van der Waals surface area contributed by atoms with E-state index in [1.165, 1.54) is 0 Å². The molecule has 0 spiro atoms. The van der Waals surface area contributed by atoms with Crippen LogP contribution in [-0.4, -0.2) is 21.6 Å². The summed E-state index contributed by atoms with van der Waals surface area (Å²) in [5, 5.41) is 0. The molecule has 0 aliphatic heterocycles. The second-order valence-electron chi connectivity index (χ2n) is 5.17. The maximum Gasteiger partial charge on any atom is 0.240 e. The lowest BCUT2D eigenvalue weighted by Gasteiger charge is -2.15. The minimum absolute atomic E-state index is 0.0606. The molecule has 4 nitrogen and oxygen atoms in total. The van der Waals surface area contributed by atoms with Crippen LogP contribution in [0, 0.1) is 5.92 Å². The summed E-state index contributed by atoms with van der Waals surface area (Å²) in [6.07, 6.45) is 1.85. The highest BCUT2D eigenvalue weighted by atomic mass is 32.2. The lowest BCUT2D eigenvalue weighted by molar-refractivity contribution is 0.414. The molecule has 0 radical (unpaired) electrons. The number of benzene rings is 1. The molecule has 0 aliphatic carbocycles. The van der Waals surface area contributed by atoms with Crippen LogP contribution in [0.4, 0.5) is 0 Å². The fourth-order valence-corrected chi connectivity index (χ4v) is 3.01. The molecule has 5 heteroatoms. The van der Waals surface area contributed by atoms with Crippen molar-refractivity contribution in [2.45, 2.75) is 44.6 Å². The fourth-order valence-electron chi connectivity index (χ4n) is 1.73. The largest absolute Gasteiger partial charge is 0.497 e. The van der Waals surface area contributed by atoms with Crippen molar-refractivity contribution in [1.82, 2.24) is 4.72 Å². The Hall–Kier alpha value is -1.07. The predicted octanol–water partition coefficient (Wildman–Crippen LogP) is 2.80. The third-order valence-electron chi connectivity index (χ3n) is 2.90. The highest BCUT2D eigenvalue weighted by Crippen LogP contribution is 2.16. The first kappa shape index (κ1) is 16.0. The Balaban J connectivity index is 2.69. The zero-order chi connectivity index (χ0) is 14.5. The van der Waals surface area contributed by atoms with Crippen molar-refractivity contribution in [3.05, 3.63) is 24.3 Å². The minimum Gasteiger partial charge on any atom is -0.497 e. The molecule has 0 bridgehead atoms. The number of ether oxygens (including phenoxy) is 1. The molecule has 19 heavy (non-hydrogen) atoms. The Kier molecular flexibility index (Phi) is 5.82. The summed E-state index contributed by atoms with van der Waals surface area (Å²) in [4.78, 5) is 0.268. The summed E-state index contributed by atoms with van der Waals surface area (Å²) in [7, 11) is -1.89. The van der Waals surface area contributed by atoms with Crippen molar-refractivity contribution in [3.8, 4) is 5.75 Å². The first-order chi connectivity index (χ1) is 8.85. The molecule has 1 unspecified atom stereocenters. The second kappa shape index (κ2) is 6.91. The molecule has 0 aliphatic rings. The van der Waals surface area contributed by atoms with Gasteiger partial charge >= 0.3 is 0 Å². The number of hydrogen-bond donors (Lipinski definition) is 1. The van der Waals surface area contributed by atoms with Crippen LogP contribution in [0.2, 0.25) is 0 Å². The van der Waals surface area contributed by atoms with Crippen LogP contribution >= 0.6 is 0 Å². The van der Waals surface area contributed by atoms with Crippen LogP contribution in [-0.2, 0) is 10.0 Å². The third kappa shape index (κ3) is 5.20. The molecule has 1 aromatic carbocycles. The fraction of sp³-hybridized carbons (Fsp3) is 0.571. The van der Waals surface area contributed by atoms with E-state index in [0.717, 1.165) is 12.8 Å². The zero-order valence-corrected chi connectivity index (χ0v) is 12.8. The maximum absolute atomic E-state index is 12.1. The van der Waals surface area contributed by atoms with Crippen molar-refractivity contribution >= 4 is 10.0 Å². The van der Waals surface area contributed by atoms with Gasteiger partial charge in [-0.1, -0.05) is 13.8 Å². The smallest absolute Gasteiger partial charge is 0.240 e. The zero-order valence-electron chi connectivity index (χ0n) is 12.0. The number of hydrogen-bond acceptors (Lipinski definition) is 3. The van der Waals surface area contributed by atoms with Crippen LogP contribution in [0.3, 0.4) is 0 Å². The number of nitrogens with one attached hydrogen (secondary N) is 1. The molecule has 0 saturated heterocycles. The molecular weight excluding hydrogens is 262 g/mol. The van der Waals surface area contributed by atoms with Crippen LogP contribution in [0.5, 0.6) is 5.75 Å². The van der Waals surface area contributed by atoms with Crippen molar-refractivity contribution in [1.29, 1.82) is 0 Å². The molecular formula is C14H23NO3S. The Labute approximate surface area is 116 Å². The third-order valence-corrected chi connectivity index (χ3v) is 4.51. The van der Waals surface area contributed by atoms with Gasteiger partial charge in [-0.05, 0) is 49.9 Å². The lowest BCUT2D eigenvalue weighted by atomic mass is 10.1. The molecule has 1 aromatic rings. The number of sulfonamides is 1. The van der Waals surface area contributed by atoms with E-state index in [-0.39, 0.29) is 10.9 Å². The minimum atomic E-state index is -3.44. The summed E-state index contributed by atoms with van der Waals surface area (Å²) >= 11 is 0. The van der Waals surface area contributed by atoms with Gasteiger partial charge in [0.25, 0.3) is 0 Å². The van der Waals surface area contributed by atoms with E-state index in [1.54, 1.807) is 31.4 Å². The highest BCUT2D eigenvalue weighted by molar-refractivity contribution is 7.89. The van der Waals surface area contributed by atoms with Crippen molar-refractivity contribution in [3.63, 3.8) is 0 Å². The van der Waals surface area contributed by atoms with Crippen molar-refractivity contribution in [2.24, 2.45) is 5.92 Å². The normalized spacial score (nSPS) is 13.5. The van der Waals surface area contributed by atoms with Gasteiger partial charge in [0, 0.05) is 6.04 Å². The Morgan fingerprint density at radius 2 is 1.68 bits per heavy atom. The van der Waals surface area contributed by atoms with Crippen LogP contribution in [0.15, 0.2) is 29.2 Å². The average Bonchev–Trinajstić information content (AvgIpc) is 2.36. The van der Waals surface area contributed by atoms with Crippen molar-refractivity contribution < 1.29 is 13.2 Å². The van der Waals surface area contributed by atoms with E-state index in [1.807, 2.05) is 6.92 Å². The number of rotatable bonds is 7. The van der Waals surface area contributed by atoms with Crippen LogP contribution in [0.1, 0.15) is 33.6 Å². The van der Waals surface area contributed by atoms with E-state index < -0.39 is 10.0 Å². The molecule has 0 amide bonds. The van der Waals surface area contributed by atoms with Gasteiger partial charge in [0.15, 0.2) is 0 Å². The summed E-state index contributed by atoms with van der Waals surface area (Å²) in [5.41, 5.74) is 0. The van der Waals surface area contributed by atoms with Gasteiger partial charge < -0.3 is 4.74 Å². The van der Waals surface area contributed by atoms with Gasteiger partial charge in [0.05, 0.1) is 12.0 Å². The predicted molar refractivity (Wildman–Crippen MR) is 76.8 cm³/mol. The average molecular weight is 285 g/mol. The Morgan fingerprint density at radius 3 is 2.16 bits per heavy atom. The molecule has 0 fully saturated rings. The van der Waals surface area contributed by atoms with Gasteiger partial charge in [0.2, 0.25) is 10.0 Å².